The van der Waals surface area contributed by atoms with E-state index in [0.717, 1.165) is 6.07 Å². The Kier molecular flexibility index (Phi) is 8.56. The predicted octanol–water partition coefficient (Wildman–Crippen LogP) is 4.50. The van der Waals surface area contributed by atoms with Crippen LogP contribution >= 0.6 is 0 Å². The number of nitrogens with one attached hydrogen (secondary N) is 2. The Morgan fingerprint density at radius 1 is 1.10 bits per heavy atom. The van der Waals surface area contributed by atoms with Crippen LogP contribution in [-0.2, 0) is 14.4 Å². The molecule has 3 aromatic rings. The first-order valence-electron chi connectivity index (χ1n) is 12.6. The van der Waals surface area contributed by atoms with Gasteiger partial charge in [0.2, 0.25) is 17.7 Å². The van der Waals surface area contributed by atoms with Crippen LogP contribution < -0.4 is 21.3 Å². The first-order chi connectivity index (χ1) is 19.5. The molecule has 3 amide bonds. The van der Waals surface area contributed by atoms with Crippen molar-refractivity contribution >= 4 is 34.8 Å². The van der Waals surface area contributed by atoms with Gasteiger partial charge >= 0.3 is 6.18 Å². The summed E-state index contributed by atoms with van der Waals surface area (Å²) >= 11 is 0. The maximum atomic E-state index is 14.8. The van der Waals surface area contributed by atoms with E-state index in [1.165, 1.54) is 35.2 Å². The van der Waals surface area contributed by atoms with Crippen molar-refractivity contribution in [1.82, 2.24) is 5.32 Å². The van der Waals surface area contributed by atoms with Gasteiger partial charge in [-0.25, -0.2) is 4.39 Å². The molecule has 0 saturated heterocycles. The van der Waals surface area contributed by atoms with E-state index in [9.17, 15) is 37.2 Å². The molecular weight excluding hydrogens is 542 g/mol. The molecule has 12 heteroatoms. The third-order valence-corrected chi connectivity index (χ3v) is 6.76. The van der Waals surface area contributed by atoms with E-state index in [1.54, 1.807) is 36.4 Å². The number of hydrogen-bond donors (Lipinski definition) is 3. The van der Waals surface area contributed by atoms with Crippen LogP contribution in [0.3, 0.4) is 0 Å². The fourth-order valence-electron chi connectivity index (χ4n) is 4.84. The van der Waals surface area contributed by atoms with Crippen molar-refractivity contribution in [1.29, 1.82) is 5.26 Å². The Morgan fingerprint density at radius 2 is 1.80 bits per heavy atom. The van der Waals surface area contributed by atoms with E-state index < -0.39 is 60.4 Å². The minimum atomic E-state index is -4.63. The summed E-state index contributed by atoms with van der Waals surface area (Å²) in [6.07, 6.45) is -6.77. The number of para-hydroxylation sites is 1. The molecule has 0 saturated carbocycles. The number of anilines is 3. The number of carbonyl (C=O) groups excluding carboxylic acids is 3. The van der Waals surface area contributed by atoms with Crippen molar-refractivity contribution in [3.8, 4) is 6.07 Å². The monoisotopic (exact) mass is 567 g/mol. The highest BCUT2D eigenvalue weighted by Gasteiger charge is 2.40. The quantitative estimate of drug-likeness (QED) is 0.346. The normalized spacial score (nSPS) is 16.4. The van der Waals surface area contributed by atoms with Gasteiger partial charge in [-0.15, -0.1) is 0 Å². The molecule has 8 nitrogen and oxygen atoms in total. The van der Waals surface area contributed by atoms with E-state index in [0.29, 0.717) is 5.69 Å². The molecular formula is C29H25F4N5O3. The van der Waals surface area contributed by atoms with E-state index in [-0.39, 0.29) is 29.0 Å². The summed E-state index contributed by atoms with van der Waals surface area (Å²) in [5.74, 6) is -6.57. The lowest BCUT2D eigenvalue weighted by Gasteiger charge is -2.29. The van der Waals surface area contributed by atoms with Gasteiger partial charge in [0.15, 0.2) is 0 Å². The average Bonchev–Trinajstić information content (AvgIpc) is 3.07. The molecule has 0 aromatic heterocycles. The second-order valence-corrected chi connectivity index (χ2v) is 9.51. The zero-order chi connectivity index (χ0) is 29.7. The molecule has 1 aliphatic heterocycles. The number of primary amides is 1. The van der Waals surface area contributed by atoms with Crippen LogP contribution in [0, 0.1) is 23.1 Å². The lowest BCUT2D eigenvalue weighted by atomic mass is 9.81. The molecule has 41 heavy (non-hydrogen) atoms. The van der Waals surface area contributed by atoms with Gasteiger partial charge in [0, 0.05) is 12.1 Å². The first-order valence-corrected chi connectivity index (χ1v) is 12.6. The second-order valence-electron chi connectivity index (χ2n) is 9.51. The van der Waals surface area contributed by atoms with Gasteiger partial charge in [-0.05, 0) is 42.3 Å². The number of alkyl halides is 3. The van der Waals surface area contributed by atoms with E-state index >= 15 is 0 Å². The molecule has 0 bridgehead atoms. The standard InChI is InChI=1S/C29H25F4N5O3/c30-21-10-5-11-23-25(21)37-28(41)22(16-38(23)19-9-4-6-17(14-19)15-34)36-27(40)20(12-13-29(31,32)33)24(26(35)39)18-7-2-1-3-8-18/h1-11,14,20,22,24H,12-13,16H2,(H2,35,39)(H,36,40)(H,37,41). The minimum absolute atomic E-state index is 0.176. The van der Waals surface area contributed by atoms with Gasteiger partial charge in [-0.3, -0.25) is 14.4 Å². The molecule has 3 aromatic carbocycles. The number of carbonyl (C=O) groups is 3. The molecule has 0 radical (unpaired) electrons. The molecule has 1 aliphatic rings. The molecule has 4 N–H and O–H groups in total. The summed E-state index contributed by atoms with van der Waals surface area (Å²) in [6.45, 7) is -0.262. The van der Waals surface area contributed by atoms with E-state index in [4.69, 9.17) is 5.73 Å². The summed E-state index contributed by atoms with van der Waals surface area (Å²) in [5, 5.41) is 14.3. The fourth-order valence-corrected chi connectivity index (χ4v) is 4.84. The highest BCUT2D eigenvalue weighted by atomic mass is 19.4. The summed E-state index contributed by atoms with van der Waals surface area (Å²) in [5.41, 5.74) is 6.57. The lowest BCUT2D eigenvalue weighted by molar-refractivity contribution is -0.144. The summed E-state index contributed by atoms with van der Waals surface area (Å²) < 4.78 is 54.5. The number of fused-ring (bicyclic) bond motifs is 1. The molecule has 0 spiro atoms. The van der Waals surface area contributed by atoms with Gasteiger partial charge in [0.05, 0.1) is 35.7 Å². The van der Waals surface area contributed by atoms with Gasteiger partial charge < -0.3 is 21.3 Å². The average molecular weight is 568 g/mol. The molecule has 0 fully saturated rings. The highest BCUT2D eigenvalue weighted by Crippen LogP contribution is 2.37. The Bertz CT molecular complexity index is 1490. The minimum Gasteiger partial charge on any atom is -0.369 e. The number of benzene rings is 3. The maximum absolute atomic E-state index is 14.8. The van der Waals surface area contributed by atoms with Gasteiger partial charge in [-0.2, -0.15) is 18.4 Å². The lowest BCUT2D eigenvalue weighted by Crippen LogP contribution is -2.51. The predicted molar refractivity (Wildman–Crippen MR) is 142 cm³/mol. The van der Waals surface area contributed by atoms with Crippen LogP contribution in [0.2, 0.25) is 0 Å². The molecule has 3 unspecified atom stereocenters. The zero-order valence-electron chi connectivity index (χ0n) is 21.5. The molecule has 3 atom stereocenters. The SMILES string of the molecule is N#Cc1cccc(N2CC(NC(=O)C(CCC(F)(F)F)C(C(N)=O)c3ccccc3)C(=O)Nc3c(F)cccc32)c1. The van der Waals surface area contributed by atoms with Crippen LogP contribution in [-0.4, -0.2) is 36.5 Å². The van der Waals surface area contributed by atoms with Crippen LogP contribution in [0.5, 0.6) is 0 Å². The largest absolute Gasteiger partial charge is 0.389 e. The van der Waals surface area contributed by atoms with Crippen molar-refractivity contribution in [2.45, 2.75) is 31.0 Å². The molecule has 1 heterocycles. The molecule has 212 valence electrons. The van der Waals surface area contributed by atoms with Gasteiger partial charge in [-0.1, -0.05) is 42.5 Å². The van der Waals surface area contributed by atoms with Gasteiger partial charge in [0.25, 0.3) is 0 Å². The zero-order valence-corrected chi connectivity index (χ0v) is 21.5. The third-order valence-electron chi connectivity index (χ3n) is 6.76. The second kappa shape index (κ2) is 12.1. The summed E-state index contributed by atoms with van der Waals surface area (Å²) in [4.78, 5) is 40.8. The van der Waals surface area contributed by atoms with Crippen molar-refractivity contribution in [3.05, 3.63) is 89.7 Å². The fraction of sp³-hybridized carbons (Fsp3) is 0.241. The Hall–Kier alpha value is -4.92. The number of nitrogens with two attached hydrogens (primary N) is 1. The maximum Gasteiger partial charge on any atom is 0.389 e. The van der Waals surface area contributed by atoms with Crippen LogP contribution in [0.15, 0.2) is 72.8 Å². The first kappa shape index (κ1) is 29.1. The van der Waals surface area contributed by atoms with Crippen molar-refractivity contribution in [3.63, 3.8) is 0 Å². The smallest absolute Gasteiger partial charge is 0.369 e. The van der Waals surface area contributed by atoms with Crippen LogP contribution in [0.4, 0.5) is 34.6 Å². The summed E-state index contributed by atoms with van der Waals surface area (Å²) in [7, 11) is 0. The third kappa shape index (κ3) is 6.81. The van der Waals surface area contributed by atoms with Gasteiger partial charge in [0.1, 0.15) is 17.5 Å². The molecule has 0 aliphatic carbocycles. The van der Waals surface area contributed by atoms with Crippen LogP contribution in [0.25, 0.3) is 0 Å². The van der Waals surface area contributed by atoms with E-state index in [2.05, 4.69) is 10.6 Å². The summed E-state index contributed by atoms with van der Waals surface area (Å²) in [6, 6.07) is 18.7. The van der Waals surface area contributed by atoms with Crippen molar-refractivity contribution in [2.24, 2.45) is 11.7 Å². The Balaban J connectivity index is 1.71. The number of hydrogen-bond acceptors (Lipinski definition) is 5. The highest BCUT2D eigenvalue weighted by molar-refractivity contribution is 6.03. The number of nitrogens with zero attached hydrogens (tertiary/aromatic N) is 2. The van der Waals surface area contributed by atoms with Crippen molar-refractivity contribution in [2.75, 3.05) is 16.8 Å². The van der Waals surface area contributed by atoms with Crippen LogP contribution in [0.1, 0.15) is 29.9 Å². The molecule has 4 rings (SSSR count). The van der Waals surface area contributed by atoms with Crippen molar-refractivity contribution < 1.29 is 31.9 Å². The number of halogens is 4. The Morgan fingerprint density at radius 3 is 2.46 bits per heavy atom. The number of nitriles is 1. The van der Waals surface area contributed by atoms with E-state index in [1.807, 2.05) is 6.07 Å². The topological polar surface area (TPSA) is 128 Å². The number of rotatable bonds is 8. The number of amides is 3. The Labute approximate surface area is 232 Å².